The molecule has 2 nitrogen and oxygen atoms in total. The van der Waals surface area contributed by atoms with Crippen molar-refractivity contribution in [1.82, 2.24) is 10.3 Å². The second-order valence-electron chi connectivity index (χ2n) is 3.57. The molecule has 1 heterocycles. The Morgan fingerprint density at radius 3 is 2.81 bits per heavy atom. The Balaban J connectivity index is 2.35. The zero-order valence-electron chi connectivity index (χ0n) is 9.20. The summed E-state index contributed by atoms with van der Waals surface area (Å²) < 4.78 is 0. The van der Waals surface area contributed by atoms with E-state index in [1.165, 1.54) is 0 Å². The van der Waals surface area contributed by atoms with Crippen molar-refractivity contribution in [3.63, 3.8) is 0 Å². The van der Waals surface area contributed by atoms with Crippen LogP contribution in [-0.4, -0.2) is 12.0 Å². The quantitative estimate of drug-likeness (QED) is 0.900. The van der Waals surface area contributed by atoms with Gasteiger partial charge in [0.1, 0.15) is 5.01 Å². The van der Waals surface area contributed by atoms with Crippen LogP contribution in [0.15, 0.2) is 29.6 Å². The fourth-order valence-electron chi connectivity index (χ4n) is 1.39. The van der Waals surface area contributed by atoms with E-state index in [1.54, 1.807) is 11.3 Å². The zero-order chi connectivity index (χ0) is 11.5. The molecule has 16 heavy (non-hydrogen) atoms. The van der Waals surface area contributed by atoms with Gasteiger partial charge in [-0.1, -0.05) is 29.8 Å². The summed E-state index contributed by atoms with van der Waals surface area (Å²) >= 11 is 7.76. The Bertz CT molecular complexity index is 481. The highest BCUT2D eigenvalue weighted by atomic mass is 35.5. The molecular weight excluding hydrogens is 240 g/mol. The smallest absolute Gasteiger partial charge is 0.125 e. The average Bonchev–Trinajstić information content (AvgIpc) is 2.78. The van der Waals surface area contributed by atoms with Gasteiger partial charge in [0.2, 0.25) is 0 Å². The largest absolute Gasteiger partial charge is 0.312 e. The van der Waals surface area contributed by atoms with Crippen molar-refractivity contribution < 1.29 is 0 Å². The molecule has 0 aliphatic heterocycles. The van der Waals surface area contributed by atoms with Gasteiger partial charge in [-0.25, -0.2) is 4.98 Å². The third-order valence-corrected chi connectivity index (χ3v) is 3.73. The van der Waals surface area contributed by atoms with Gasteiger partial charge in [-0.3, -0.25) is 0 Å². The lowest BCUT2D eigenvalue weighted by Crippen LogP contribution is -2.12. The molecule has 1 aromatic heterocycles. The number of nitrogens with zero attached hydrogens (tertiary/aromatic N) is 1. The minimum Gasteiger partial charge on any atom is -0.312 e. The molecule has 4 heteroatoms. The van der Waals surface area contributed by atoms with Crippen LogP contribution >= 0.6 is 22.9 Å². The van der Waals surface area contributed by atoms with Crippen LogP contribution in [0.1, 0.15) is 18.7 Å². The highest BCUT2D eigenvalue weighted by Crippen LogP contribution is 2.31. The van der Waals surface area contributed by atoms with Crippen LogP contribution in [0.2, 0.25) is 5.02 Å². The van der Waals surface area contributed by atoms with Gasteiger partial charge in [-0.2, -0.15) is 0 Å². The van der Waals surface area contributed by atoms with E-state index in [1.807, 2.05) is 31.3 Å². The molecule has 1 atom stereocenters. The molecule has 0 saturated carbocycles. The molecule has 2 rings (SSSR count). The molecule has 0 aliphatic carbocycles. The van der Waals surface area contributed by atoms with Gasteiger partial charge in [-0.05, 0) is 20.0 Å². The molecular formula is C12H13ClN2S. The minimum atomic E-state index is 0.271. The maximum absolute atomic E-state index is 6.13. The molecule has 0 amide bonds. The van der Waals surface area contributed by atoms with Crippen molar-refractivity contribution in [3.05, 3.63) is 40.4 Å². The molecule has 0 aliphatic rings. The summed E-state index contributed by atoms with van der Waals surface area (Å²) in [7, 11) is 1.93. The number of nitrogens with one attached hydrogen (secondary N) is 1. The maximum atomic E-state index is 6.13. The lowest BCUT2D eigenvalue weighted by molar-refractivity contribution is 0.637. The zero-order valence-corrected chi connectivity index (χ0v) is 10.8. The predicted octanol–water partition coefficient (Wildman–Crippen LogP) is 3.74. The summed E-state index contributed by atoms with van der Waals surface area (Å²) in [5.74, 6) is 0. The SMILES string of the molecule is CNC(C)c1csc(-c2ccccc2Cl)n1. The van der Waals surface area contributed by atoms with E-state index >= 15 is 0 Å². The van der Waals surface area contributed by atoms with E-state index in [0.717, 1.165) is 21.3 Å². The number of halogens is 1. The number of rotatable bonds is 3. The lowest BCUT2D eigenvalue weighted by atomic mass is 10.2. The number of benzene rings is 1. The summed E-state index contributed by atoms with van der Waals surface area (Å²) in [4.78, 5) is 4.58. The van der Waals surface area contributed by atoms with Crippen molar-refractivity contribution in [2.75, 3.05) is 7.05 Å². The van der Waals surface area contributed by atoms with Crippen molar-refractivity contribution in [1.29, 1.82) is 0 Å². The third kappa shape index (κ3) is 2.26. The first kappa shape index (κ1) is 11.6. The van der Waals surface area contributed by atoms with Crippen LogP contribution in [0.25, 0.3) is 10.6 Å². The summed E-state index contributed by atoms with van der Waals surface area (Å²) in [6.45, 7) is 2.09. The molecule has 1 aromatic carbocycles. The standard InChI is InChI=1S/C12H13ClN2S/c1-8(14-2)11-7-16-12(15-11)9-5-3-4-6-10(9)13/h3-8,14H,1-2H3. The van der Waals surface area contributed by atoms with E-state index in [2.05, 4.69) is 22.6 Å². The van der Waals surface area contributed by atoms with Gasteiger partial charge >= 0.3 is 0 Å². The van der Waals surface area contributed by atoms with Gasteiger partial charge in [0.05, 0.1) is 10.7 Å². The summed E-state index contributed by atoms with van der Waals surface area (Å²) in [6, 6.07) is 8.06. The van der Waals surface area contributed by atoms with Gasteiger partial charge < -0.3 is 5.32 Å². The Morgan fingerprint density at radius 2 is 2.12 bits per heavy atom. The van der Waals surface area contributed by atoms with E-state index in [0.29, 0.717) is 0 Å². The first-order valence-corrected chi connectivity index (χ1v) is 6.35. The van der Waals surface area contributed by atoms with E-state index in [-0.39, 0.29) is 6.04 Å². The molecule has 0 bridgehead atoms. The van der Waals surface area contributed by atoms with Crippen molar-refractivity contribution in [3.8, 4) is 10.6 Å². The number of hydrogen-bond donors (Lipinski definition) is 1. The number of thiazole rings is 1. The van der Waals surface area contributed by atoms with Gasteiger partial charge in [0.25, 0.3) is 0 Å². The second-order valence-corrected chi connectivity index (χ2v) is 4.83. The fraction of sp³-hybridized carbons (Fsp3) is 0.250. The maximum Gasteiger partial charge on any atom is 0.125 e. The molecule has 2 aromatic rings. The van der Waals surface area contributed by atoms with Crippen molar-refractivity contribution in [2.24, 2.45) is 0 Å². The molecule has 1 unspecified atom stereocenters. The topological polar surface area (TPSA) is 24.9 Å². The Labute approximate surface area is 104 Å². The number of hydrogen-bond acceptors (Lipinski definition) is 3. The van der Waals surface area contributed by atoms with Gasteiger partial charge in [-0.15, -0.1) is 11.3 Å². The molecule has 0 spiro atoms. The normalized spacial score (nSPS) is 12.7. The van der Waals surface area contributed by atoms with Crippen LogP contribution in [0.4, 0.5) is 0 Å². The van der Waals surface area contributed by atoms with Crippen LogP contribution in [0.3, 0.4) is 0 Å². The van der Waals surface area contributed by atoms with Crippen LogP contribution < -0.4 is 5.32 Å². The monoisotopic (exact) mass is 252 g/mol. The Hall–Kier alpha value is -0.900. The average molecular weight is 253 g/mol. The highest BCUT2D eigenvalue weighted by molar-refractivity contribution is 7.13. The summed E-state index contributed by atoms with van der Waals surface area (Å²) in [5, 5.41) is 6.97. The van der Waals surface area contributed by atoms with Gasteiger partial charge in [0.15, 0.2) is 0 Å². The lowest BCUT2D eigenvalue weighted by Gasteiger charge is -2.05. The molecule has 1 N–H and O–H groups in total. The fourth-order valence-corrected chi connectivity index (χ4v) is 2.62. The first-order valence-electron chi connectivity index (χ1n) is 5.10. The molecule has 0 radical (unpaired) electrons. The van der Waals surface area contributed by atoms with Crippen molar-refractivity contribution >= 4 is 22.9 Å². The first-order chi connectivity index (χ1) is 7.72. The van der Waals surface area contributed by atoms with Crippen LogP contribution in [0.5, 0.6) is 0 Å². The van der Waals surface area contributed by atoms with Gasteiger partial charge in [0, 0.05) is 17.0 Å². The summed E-state index contributed by atoms with van der Waals surface area (Å²) in [5.41, 5.74) is 2.06. The molecule has 0 saturated heterocycles. The van der Waals surface area contributed by atoms with E-state index in [9.17, 15) is 0 Å². The summed E-state index contributed by atoms with van der Waals surface area (Å²) in [6.07, 6.45) is 0. The highest BCUT2D eigenvalue weighted by Gasteiger charge is 2.10. The molecule has 0 fully saturated rings. The van der Waals surface area contributed by atoms with Crippen molar-refractivity contribution in [2.45, 2.75) is 13.0 Å². The minimum absolute atomic E-state index is 0.271. The predicted molar refractivity (Wildman–Crippen MR) is 70.0 cm³/mol. The Morgan fingerprint density at radius 1 is 1.38 bits per heavy atom. The molecule has 84 valence electrons. The Kier molecular flexibility index (Phi) is 3.59. The van der Waals surface area contributed by atoms with Crippen LogP contribution in [0, 0.1) is 0 Å². The third-order valence-electron chi connectivity index (χ3n) is 2.50. The van der Waals surface area contributed by atoms with E-state index in [4.69, 9.17) is 11.6 Å². The van der Waals surface area contributed by atoms with E-state index < -0.39 is 0 Å². The second kappa shape index (κ2) is 4.95. The van der Waals surface area contributed by atoms with Crippen LogP contribution in [-0.2, 0) is 0 Å². The number of aromatic nitrogens is 1.